The van der Waals surface area contributed by atoms with Gasteiger partial charge in [0.25, 0.3) is 5.97 Å². The van der Waals surface area contributed by atoms with Crippen LogP contribution in [-0.4, -0.2) is 26.5 Å². The molecule has 0 radical (unpaired) electrons. The Balaban J connectivity index is 0.000000666. The lowest BCUT2D eigenvalue weighted by Gasteiger charge is -2.11. The second kappa shape index (κ2) is 9.91. The van der Waals surface area contributed by atoms with E-state index in [1.807, 2.05) is 36.4 Å². The SMILES string of the molecule is CC(=O)O.Nc1nc(N)c2c(Cl)c(CNc3cccc(Br)c3)ccc2n1.O. The van der Waals surface area contributed by atoms with Gasteiger partial charge >= 0.3 is 0 Å². The van der Waals surface area contributed by atoms with E-state index in [4.69, 9.17) is 33.0 Å². The van der Waals surface area contributed by atoms with Gasteiger partial charge in [-0.2, -0.15) is 4.98 Å². The van der Waals surface area contributed by atoms with Crippen LogP contribution in [0.1, 0.15) is 12.5 Å². The van der Waals surface area contributed by atoms with Crippen LogP contribution in [0.3, 0.4) is 0 Å². The lowest BCUT2D eigenvalue weighted by Crippen LogP contribution is -2.04. The number of halogens is 2. The van der Waals surface area contributed by atoms with Gasteiger partial charge in [-0.1, -0.05) is 39.7 Å². The summed E-state index contributed by atoms with van der Waals surface area (Å²) in [6.07, 6.45) is 0. The fourth-order valence-electron chi connectivity index (χ4n) is 2.21. The van der Waals surface area contributed by atoms with Crippen LogP contribution in [0.5, 0.6) is 0 Å². The zero-order valence-electron chi connectivity index (χ0n) is 14.3. The fraction of sp³-hybridized carbons (Fsp3) is 0.118. The molecule has 3 aromatic rings. The number of nitrogens with two attached hydrogens (primary N) is 2. The van der Waals surface area contributed by atoms with E-state index in [9.17, 15) is 0 Å². The molecular weight excluding hydrogens is 438 g/mol. The number of carboxylic acid groups (broad SMARTS) is 1. The van der Waals surface area contributed by atoms with Crippen molar-refractivity contribution in [2.45, 2.75) is 13.5 Å². The number of aliphatic carboxylic acids is 1. The molecule has 1 aromatic heterocycles. The monoisotopic (exact) mass is 455 g/mol. The van der Waals surface area contributed by atoms with Crippen molar-refractivity contribution in [1.82, 2.24) is 9.97 Å². The van der Waals surface area contributed by atoms with Gasteiger partial charge in [0, 0.05) is 23.6 Å². The van der Waals surface area contributed by atoms with E-state index in [1.54, 1.807) is 0 Å². The molecule has 0 aliphatic carbocycles. The van der Waals surface area contributed by atoms with Gasteiger partial charge < -0.3 is 27.4 Å². The molecule has 27 heavy (non-hydrogen) atoms. The number of aromatic nitrogens is 2. The molecule has 1 heterocycles. The minimum Gasteiger partial charge on any atom is -0.481 e. The molecule has 0 saturated heterocycles. The van der Waals surface area contributed by atoms with Crippen molar-refractivity contribution in [3.05, 3.63) is 51.5 Å². The average molecular weight is 457 g/mol. The van der Waals surface area contributed by atoms with E-state index in [-0.39, 0.29) is 17.2 Å². The zero-order chi connectivity index (χ0) is 19.3. The van der Waals surface area contributed by atoms with Gasteiger partial charge in [0.2, 0.25) is 5.95 Å². The largest absolute Gasteiger partial charge is 0.481 e. The molecule has 144 valence electrons. The van der Waals surface area contributed by atoms with Crippen LogP contribution in [0.2, 0.25) is 5.02 Å². The molecule has 8 N–H and O–H groups in total. The van der Waals surface area contributed by atoms with E-state index in [0.29, 0.717) is 22.5 Å². The van der Waals surface area contributed by atoms with Crippen molar-refractivity contribution in [2.24, 2.45) is 0 Å². The minimum absolute atomic E-state index is 0. The number of nitrogens with one attached hydrogen (secondary N) is 1. The molecule has 0 fully saturated rings. The number of carbonyl (C=O) groups is 1. The smallest absolute Gasteiger partial charge is 0.300 e. The first-order valence-corrected chi connectivity index (χ1v) is 8.64. The van der Waals surface area contributed by atoms with Crippen molar-refractivity contribution in [3.8, 4) is 0 Å². The molecule has 0 saturated carbocycles. The Labute approximate surface area is 169 Å². The quantitative estimate of drug-likeness (QED) is 0.471. The number of hydrogen-bond acceptors (Lipinski definition) is 6. The predicted octanol–water partition coefficient (Wildman–Crippen LogP) is 3.09. The van der Waals surface area contributed by atoms with Crippen molar-refractivity contribution >= 4 is 61.9 Å². The molecule has 0 spiro atoms. The Bertz CT molecular complexity index is 951. The molecule has 0 bridgehead atoms. The summed E-state index contributed by atoms with van der Waals surface area (Å²) in [4.78, 5) is 17.1. The molecule has 0 unspecified atom stereocenters. The van der Waals surface area contributed by atoms with Crippen molar-refractivity contribution in [3.63, 3.8) is 0 Å². The highest BCUT2D eigenvalue weighted by Gasteiger charge is 2.11. The van der Waals surface area contributed by atoms with Crippen LogP contribution >= 0.6 is 27.5 Å². The summed E-state index contributed by atoms with van der Waals surface area (Å²) in [5.41, 5.74) is 14.1. The van der Waals surface area contributed by atoms with E-state index in [2.05, 4.69) is 31.2 Å². The van der Waals surface area contributed by atoms with Gasteiger partial charge in [-0.05, 0) is 29.8 Å². The van der Waals surface area contributed by atoms with Crippen LogP contribution in [0.25, 0.3) is 10.9 Å². The maximum absolute atomic E-state index is 9.00. The summed E-state index contributed by atoms with van der Waals surface area (Å²) in [7, 11) is 0. The highest BCUT2D eigenvalue weighted by Crippen LogP contribution is 2.31. The molecule has 10 heteroatoms. The first-order valence-electron chi connectivity index (χ1n) is 7.47. The Hall–Kier alpha value is -2.62. The van der Waals surface area contributed by atoms with Gasteiger partial charge in [-0.3, -0.25) is 4.79 Å². The van der Waals surface area contributed by atoms with Crippen LogP contribution in [0, 0.1) is 0 Å². The maximum atomic E-state index is 9.00. The molecule has 0 aliphatic heterocycles. The highest BCUT2D eigenvalue weighted by atomic mass is 79.9. The number of rotatable bonds is 3. The molecule has 0 aliphatic rings. The van der Waals surface area contributed by atoms with Gasteiger partial charge in [0.15, 0.2) is 0 Å². The third-order valence-electron chi connectivity index (χ3n) is 3.23. The summed E-state index contributed by atoms with van der Waals surface area (Å²) in [5.74, 6) is -0.405. The van der Waals surface area contributed by atoms with Crippen molar-refractivity contribution in [2.75, 3.05) is 16.8 Å². The normalized spacial score (nSPS) is 9.74. The van der Waals surface area contributed by atoms with Crippen molar-refractivity contribution < 1.29 is 15.4 Å². The highest BCUT2D eigenvalue weighted by molar-refractivity contribution is 9.10. The number of nitrogens with zero attached hydrogens (tertiary/aromatic N) is 2. The Morgan fingerprint density at radius 2 is 1.93 bits per heavy atom. The second-order valence-corrected chi connectivity index (χ2v) is 6.58. The topological polar surface area (TPSA) is 159 Å². The summed E-state index contributed by atoms with van der Waals surface area (Å²) in [5, 5.41) is 11.9. The fourth-order valence-corrected chi connectivity index (χ4v) is 2.93. The molecular formula is C17H19BrClN5O3. The number of benzene rings is 2. The van der Waals surface area contributed by atoms with E-state index >= 15 is 0 Å². The average Bonchev–Trinajstić information content (AvgIpc) is 2.53. The number of fused-ring (bicyclic) bond motifs is 1. The Morgan fingerprint density at radius 1 is 1.26 bits per heavy atom. The summed E-state index contributed by atoms with van der Waals surface area (Å²) < 4.78 is 1.01. The van der Waals surface area contributed by atoms with E-state index in [1.165, 1.54) is 0 Å². The summed E-state index contributed by atoms with van der Waals surface area (Å²) in [6.45, 7) is 1.65. The number of hydrogen-bond donors (Lipinski definition) is 4. The summed E-state index contributed by atoms with van der Waals surface area (Å²) >= 11 is 9.89. The molecule has 0 amide bonds. The van der Waals surface area contributed by atoms with E-state index in [0.717, 1.165) is 22.6 Å². The molecule has 8 nitrogen and oxygen atoms in total. The first-order chi connectivity index (χ1) is 12.3. The third-order valence-corrected chi connectivity index (χ3v) is 4.16. The standard InChI is InChI=1S/C15H13BrClN5.C2H4O2.H2O/c16-9-2-1-3-10(6-9)20-7-8-4-5-11-12(13(8)17)14(18)22-15(19)21-11;1-2(3)4;/h1-6,20H,7H2,(H4,18,19,21,22);1H3,(H,3,4);1H2. The van der Waals surface area contributed by atoms with Crippen molar-refractivity contribution in [1.29, 1.82) is 0 Å². The lowest BCUT2D eigenvalue weighted by atomic mass is 10.1. The first kappa shape index (κ1) is 22.4. The third kappa shape index (κ3) is 6.24. The van der Waals surface area contributed by atoms with E-state index < -0.39 is 5.97 Å². The lowest BCUT2D eigenvalue weighted by molar-refractivity contribution is -0.134. The van der Waals surface area contributed by atoms with Crippen LogP contribution < -0.4 is 16.8 Å². The predicted molar refractivity (Wildman–Crippen MR) is 112 cm³/mol. The molecule has 0 atom stereocenters. The molecule has 3 rings (SSSR count). The van der Waals surface area contributed by atoms with Crippen LogP contribution in [0.15, 0.2) is 40.9 Å². The number of anilines is 3. The van der Waals surface area contributed by atoms with Gasteiger partial charge in [0.1, 0.15) is 5.82 Å². The number of carboxylic acids is 1. The van der Waals surface area contributed by atoms with Gasteiger partial charge in [-0.25, -0.2) is 4.98 Å². The van der Waals surface area contributed by atoms with Crippen LogP contribution in [0.4, 0.5) is 17.5 Å². The Morgan fingerprint density at radius 3 is 2.56 bits per heavy atom. The van der Waals surface area contributed by atoms with Crippen LogP contribution in [-0.2, 0) is 11.3 Å². The molecule has 2 aromatic carbocycles. The van der Waals surface area contributed by atoms with Gasteiger partial charge in [0.05, 0.1) is 15.9 Å². The van der Waals surface area contributed by atoms with Gasteiger partial charge in [-0.15, -0.1) is 0 Å². The Kier molecular flexibility index (Phi) is 8.23. The second-order valence-electron chi connectivity index (χ2n) is 5.28. The minimum atomic E-state index is -0.833. The zero-order valence-corrected chi connectivity index (χ0v) is 16.7. The maximum Gasteiger partial charge on any atom is 0.300 e. The number of nitrogen functional groups attached to an aromatic ring is 2. The summed E-state index contributed by atoms with van der Waals surface area (Å²) in [6, 6.07) is 11.7.